The second kappa shape index (κ2) is 12.3. The molecule has 0 amide bonds. The molecule has 0 unspecified atom stereocenters. The number of unbranched alkanes of at least 4 members (excludes halogenated alkanes) is 3. The number of nitrogens with zero attached hydrogens (tertiary/aromatic N) is 3. The SMILES string of the molecule is C=CCCCCCN(C)C(=NCCS(=O)(=O)N1CCOCC1)NCC. The highest BCUT2D eigenvalue weighted by Crippen LogP contribution is 2.06. The quantitative estimate of drug-likeness (QED) is 0.255. The van der Waals surface area contributed by atoms with Gasteiger partial charge in [0.1, 0.15) is 0 Å². The molecule has 0 aromatic heterocycles. The summed E-state index contributed by atoms with van der Waals surface area (Å²) in [5, 5.41) is 3.23. The molecule has 7 nitrogen and oxygen atoms in total. The van der Waals surface area contributed by atoms with Crippen LogP contribution in [0.25, 0.3) is 0 Å². The number of morpholine rings is 1. The summed E-state index contributed by atoms with van der Waals surface area (Å²) in [6.07, 6.45) is 6.40. The van der Waals surface area contributed by atoms with Crippen LogP contribution in [0.1, 0.15) is 32.6 Å². The van der Waals surface area contributed by atoms with Crippen LogP contribution in [0.5, 0.6) is 0 Å². The minimum Gasteiger partial charge on any atom is -0.379 e. The topological polar surface area (TPSA) is 74.2 Å². The number of hydrogen-bond acceptors (Lipinski definition) is 4. The molecule has 25 heavy (non-hydrogen) atoms. The Kier molecular flexibility index (Phi) is 10.8. The molecule has 0 bridgehead atoms. The Morgan fingerprint density at radius 2 is 2.04 bits per heavy atom. The first-order valence-corrected chi connectivity index (χ1v) is 10.8. The third-order valence-electron chi connectivity index (χ3n) is 4.07. The van der Waals surface area contributed by atoms with Crippen LogP contribution in [0.15, 0.2) is 17.6 Å². The van der Waals surface area contributed by atoms with Gasteiger partial charge in [-0.1, -0.05) is 12.5 Å². The maximum atomic E-state index is 12.3. The second-order valence-corrected chi connectivity index (χ2v) is 8.21. The van der Waals surface area contributed by atoms with E-state index in [0.29, 0.717) is 26.3 Å². The Bertz CT molecular complexity index is 502. The molecule has 0 spiro atoms. The van der Waals surface area contributed by atoms with Crippen molar-refractivity contribution in [1.29, 1.82) is 0 Å². The third kappa shape index (κ3) is 8.69. The molecule has 146 valence electrons. The molecule has 1 rings (SSSR count). The van der Waals surface area contributed by atoms with Crippen molar-refractivity contribution in [3.63, 3.8) is 0 Å². The minimum absolute atomic E-state index is 0.0368. The first-order valence-electron chi connectivity index (χ1n) is 9.17. The van der Waals surface area contributed by atoms with E-state index in [9.17, 15) is 8.42 Å². The first kappa shape index (κ1) is 21.9. The molecule has 0 saturated carbocycles. The molecule has 8 heteroatoms. The van der Waals surface area contributed by atoms with Gasteiger partial charge in [-0.25, -0.2) is 8.42 Å². The van der Waals surface area contributed by atoms with Crippen LogP contribution in [0.3, 0.4) is 0 Å². The molecular formula is C17H34N4O3S. The molecule has 0 aromatic rings. The van der Waals surface area contributed by atoms with Crippen LogP contribution in [-0.4, -0.2) is 82.3 Å². The first-order chi connectivity index (χ1) is 12.0. The van der Waals surface area contributed by atoms with Crippen molar-refractivity contribution in [2.45, 2.75) is 32.6 Å². The van der Waals surface area contributed by atoms with Gasteiger partial charge in [0, 0.05) is 33.2 Å². The minimum atomic E-state index is -3.26. The molecule has 1 N–H and O–H groups in total. The lowest BCUT2D eigenvalue weighted by Gasteiger charge is -2.26. The largest absolute Gasteiger partial charge is 0.379 e. The number of guanidine groups is 1. The average molecular weight is 375 g/mol. The highest BCUT2D eigenvalue weighted by Gasteiger charge is 2.23. The number of allylic oxidation sites excluding steroid dienone is 1. The van der Waals surface area contributed by atoms with Crippen molar-refractivity contribution in [1.82, 2.24) is 14.5 Å². The van der Waals surface area contributed by atoms with Crippen molar-refractivity contribution in [3.05, 3.63) is 12.7 Å². The van der Waals surface area contributed by atoms with Crippen molar-refractivity contribution in [2.24, 2.45) is 4.99 Å². The zero-order chi connectivity index (χ0) is 18.5. The zero-order valence-electron chi connectivity index (χ0n) is 15.7. The fourth-order valence-electron chi connectivity index (χ4n) is 2.61. The molecule has 1 aliphatic rings. The summed E-state index contributed by atoms with van der Waals surface area (Å²) in [7, 11) is -1.26. The van der Waals surface area contributed by atoms with E-state index in [2.05, 4.69) is 21.8 Å². The number of sulfonamides is 1. The Hall–Kier alpha value is -1.12. The maximum Gasteiger partial charge on any atom is 0.216 e. The molecule has 1 aliphatic heterocycles. The van der Waals surface area contributed by atoms with Crippen molar-refractivity contribution >= 4 is 16.0 Å². The number of aliphatic imine (C=N–C) groups is 1. The monoisotopic (exact) mass is 374 g/mol. The normalized spacial score (nSPS) is 16.6. The third-order valence-corrected chi connectivity index (χ3v) is 5.92. The van der Waals surface area contributed by atoms with Crippen molar-refractivity contribution < 1.29 is 13.2 Å². The van der Waals surface area contributed by atoms with Crippen LogP contribution in [0.2, 0.25) is 0 Å². The number of hydrogen-bond donors (Lipinski definition) is 1. The Balaban J connectivity index is 2.46. The van der Waals surface area contributed by atoms with Crippen molar-refractivity contribution in [2.75, 3.05) is 58.7 Å². The molecule has 1 heterocycles. The standard InChI is InChI=1S/C17H34N4O3S/c1-4-6-7-8-9-11-20(3)17(18-5-2)19-10-16-25(22,23)21-12-14-24-15-13-21/h4H,1,5-16H2,2-3H3,(H,18,19). The lowest BCUT2D eigenvalue weighted by molar-refractivity contribution is 0.0731. The molecule has 0 atom stereocenters. The summed E-state index contributed by atoms with van der Waals surface area (Å²) >= 11 is 0. The highest BCUT2D eigenvalue weighted by molar-refractivity contribution is 7.89. The smallest absolute Gasteiger partial charge is 0.216 e. The number of nitrogens with one attached hydrogen (secondary N) is 1. The van der Waals surface area contributed by atoms with E-state index in [1.54, 1.807) is 0 Å². The van der Waals surface area contributed by atoms with Gasteiger partial charge in [0.15, 0.2) is 5.96 Å². The zero-order valence-corrected chi connectivity index (χ0v) is 16.6. The van der Waals surface area contributed by atoms with Gasteiger partial charge in [-0.3, -0.25) is 4.99 Å². The van der Waals surface area contributed by atoms with Gasteiger partial charge < -0.3 is 15.0 Å². The molecule has 0 radical (unpaired) electrons. The Labute approximate surface area is 153 Å². The average Bonchev–Trinajstić information content (AvgIpc) is 2.61. The van der Waals surface area contributed by atoms with E-state index in [-0.39, 0.29) is 12.3 Å². The Morgan fingerprint density at radius 1 is 1.32 bits per heavy atom. The molecular weight excluding hydrogens is 340 g/mol. The van der Waals surface area contributed by atoms with E-state index in [4.69, 9.17) is 4.74 Å². The van der Waals surface area contributed by atoms with Crippen LogP contribution < -0.4 is 5.32 Å². The van der Waals surface area contributed by atoms with Crippen LogP contribution in [0, 0.1) is 0 Å². The van der Waals surface area contributed by atoms with E-state index in [0.717, 1.165) is 44.7 Å². The highest BCUT2D eigenvalue weighted by atomic mass is 32.2. The fraction of sp³-hybridized carbons (Fsp3) is 0.824. The van der Waals surface area contributed by atoms with Crippen molar-refractivity contribution in [3.8, 4) is 0 Å². The van der Waals surface area contributed by atoms with Gasteiger partial charge in [-0.05, 0) is 26.2 Å². The lowest BCUT2D eigenvalue weighted by atomic mass is 10.2. The summed E-state index contributed by atoms with van der Waals surface area (Å²) in [6, 6.07) is 0. The van der Waals surface area contributed by atoms with E-state index in [1.165, 1.54) is 4.31 Å². The molecule has 0 aromatic carbocycles. The summed E-state index contributed by atoms with van der Waals surface area (Å²) in [5.74, 6) is 0.804. The number of ether oxygens (including phenoxy) is 1. The van der Waals surface area contributed by atoms with Crippen LogP contribution in [0.4, 0.5) is 0 Å². The van der Waals surface area contributed by atoms with Gasteiger partial charge in [0.25, 0.3) is 0 Å². The summed E-state index contributed by atoms with van der Waals surface area (Å²) in [6.45, 7) is 9.50. The fourth-order valence-corrected chi connectivity index (χ4v) is 3.90. The lowest BCUT2D eigenvalue weighted by Crippen LogP contribution is -2.43. The predicted octanol–water partition coefficient (Wildman–Crippen LogP) is 1.29. The van der Waals surface area contributed by atoms with Crippen LogP contribution in [-0.2, 0) is 14.8 Å². The summed E-state index contributed by atoms with van der Waals surface area (Å²) in [4.78, 5) is 6.55. The molecule has 1 fully saturated rings. The molecule has 0 aliphatic carbocycles. The maximum absolute atomic E-state index is 12.3. The number of rotatable bonds is 11. The Morgan fingerprint density at radius 3 is 2.68 bits per heavy atom. The summed E-state index contributed by atoms with van der Waals surface area (Å²) in [5.41, 5.74) is 0. The van der Waals surface area contributed by atoms with Gasteiger partial charge in [0.05, 0.1) is 25.5 Å². The predicted molar refractivity (Wildman–Crippen MR) is 103 cm³/mol. The van der Waals surface area contributed by atoms with Gasteiger partial charge in [-0.15, -0.1) is 6.58 Å². The van der Waals surface area contributed by atoms with E-state index < -0.39 is 10.0 Å². The molecule has 1 saturated heterocycles. The summed E-state index contributed by atoms with van der Waals surface area (Å²) < 4.78 is 31.4. The second-order valence-electron chi connectivity index (χ2n) is 6.12. The van der Waals surface area contributed by atoms with Gasteiger partial charge in [-0.2, -0.15) is 4.31 Å². The van der Waals surface area contributed by atoms with Crippen LogP contribution >= 0.6 is 0 Å². The van der Waals surface area contributed by atoms with E-state index >= 15 is 0 Å². The van der Waals surface area contributed by atoms with E-state index in [1.807, 2.05) is 20.0 Å². The van der Waals surface area contributed by atoms with Gasteiger partial charge in [0.2, 0.25) is 10.0 Å². The van der Waals surface area contributed by atoms with Gasteiger partial charge >= 0.3 is 0 Å².